The summed E-state index contributed by atoms with van der Waals surface area (Å²) in [5, 5.41) is 0. The molecule has 3 aromatic carbocycles. The monoisotopic (exact) mass is 392 g/mol. The third-order valence-corrected chi connectivity index (χ3v) is 5.73. The zero-order chi connectivity index (χ0) is 21.5. The van der Waals surface area contributed by atoms with Crippen molar-refractivity contribution in [3.05, 3.63) is 131 Å². The Kier molecular flexibility index (Phi) is 7.25. The van der Waals surface area contributed by atoms with Gasteiger partial charge in [-0.05, 0) is 66.1 Å². The molecule has 0 spiro atoms. The van der Waals surface area contributed by atoms with Gasteiger partial charge in [-0.25, -0.2) is 0 Å². The van der Waals surface area contributed by atoms with E-state index in [1.807, 2.05) is 12.2 Å². The van der Waals surface area contributed by atoms with E-state index in [0.717, 1.165) is 6.42 Å². The van der Waals surface area contributed by atoms with E-state index in [1.54, 1.807) is 0 Å². The molecular weight excluding hydrogens is 360 g/mol. The molecule has 0 aromatic heterocycles. The lowest BCUT2D eigenvalue weighted by molar-refractivity contribution is 0.966. The molecule has 3 aromatic rings. The number of hydrogen-bond acceptors (Lipinski definition) is 0. The highest BCUT2D eigenvalue weighted by atomic mass is 14.2. The normalized spacial score (nSPS) is 12.9. The number of aryl methyl sites for hydroxylation is 3. The lowest BCUT2D eigenvalue weighted by Gasteiger charge is -2.24. The third kappa shape index (κ3) is 4.71. The zero-order valence-corrected chi connectivity index (χ0v) is 18.7. The van der Waals surface area contributed by atoms with E-state index in [-0.39, 0.29) is 5.92 Å². The van der Waals surface area contributed by atoms with Crippen LogP contribution in [0.3, 0.4) is 0 Å². The highest BCUT2D eigenvalue weighted by Gasteiger charge is 2.22. The quantitative estimate of drug-likeness (QED) is 0.354. The lowest BCUT2D eigenvalue weighted by Crippen LogP contribution is -2.07. The molecule has 0 bridgehead atoms. The molecule has 0 heterocycles. The molecule has 0 nitrogen and oxygen atoms in total. The second-order valence-electron chi connectivity index (χ2n) is 7.82. The van der Waals surface area contributed by atoms with Crippen LogP contribution in [-0.4, -0.2) is 0 Å². The van der Waals surface area contributed by atoms with Gasteiger partial charge in [-0.3, -0.25) is 0 Å². The highest BCUT2D eigenvalue weighted by Crippen LogP contribution is 2.40. The largest absolute Gasteiger partial charge is 0.0991 e. The van der Waals surface area contributed by atoms with Crippen LogP contribution < -0.4 is 0 Å². The maximum atomic E-state index is 3.87. The fraction of sp³-hybridized carbons (Fsp3) is 0.200. The molecule has 0 saturated heterocycles. The molecule has 0 heteroatoms. The molecule has 0 aliphatic heterocycles. The minimum Gasteiger partial charge on any atom is -0.0991 e. The average Bonchev–Trinajstić information content (AvgIpc) is 2.77. The smallest absolute Gasteiger partial charge is 0.0342 e. The van der Waals surface area contributed by atoms with Gasteiger partial charge in [0.25, 0.3) is 0 Å². The molecule has 0 saturated carbocycles. The molecular formula is C30H32. The van der Waals surface area contributed by atoms with Crippen LogP contribution in [0.4, 0.5) is 0 Å². The molecule has 152 valence electrons. The Labute approximate surface area is 182 Å². The van der Waals surface area contributed by atoms with Crippen molar-refractivity contribution >= 4 is 0 Å². The van der Waals surface area contributed by atoms with Crippen molar-refractivity contribution < 1.29 is 0 Å². The molecule has 0 aliphatic rings. The summed E-state index contributed by atoms with van der Waals surface area (Å²) in [6, 6.07) is 24.6. The standard InChI is InChI=1S/C30H32/c1-6-9-13-25(8-3)30(26-14-11-10-12-15-26)29-21-24(7-2)17-19-28(29)27-18-16-22(4)20-23(27)5/h6,8-21,30H,1,7H2,2-5H3/b13-9-,25-8+. The van der Waals surface area contributed by atoms with Gasteiger partial charge >= 0.3 is 0 Å². The van der Waals surface area contributed by atoms with Crippen LogP contribution >= 0.6 is 0 Å². The minimum absolute atomic E-state index is 0.162. The van der Waals surface area contributed by atoms with Crippen molar-refractivity contribution in [3.63, 3.8) is 0 Å². The number of allylic oxidation sites excluding steroid dienone is 5. The van der Waals surface area contributed by atoms with Crippen LogP contribution in [0.5, 0.6) is 0 Å². The Morgan fingerprint density at radius 1 is 0.933 bits per heavy atom. The molecule has 0 fully saturated rings. The van der Waals surface area contributed by atoms with Gasteiger partial charge in [-0.2, -0.15) is 0 Å². The van der Waals surface area contributed by atoms with Gasteiger partial charge in [-0.15, -0.1) is 0 Å². The van der Waals surface area contributed by atoms with Crippen LogP contribution in [0.15, 0.2) is 103 Å². The third-order valence-electron chi connectivity index (χ3n) is 5.73. The summed E-state index contributed by atoms with van der Waals surface area (Å²) in [6.07, 6.45) is 9.32. The van der Waals surface area contributed by atoms with E-state index in [0.29, 0.717) is 0 Å². The summed E-state index contributed by atoms with van der Waals surface area (Å²) in [4.78, 5) is 0. The zero-order valence-electron chi connectivity index (χ0n) is 18.7. The van der Waals surface area contributed by atoms with Gasteiger partial charge < -0.3 is 0 Å². The van der Waals surface area contributed by atoms with Gasteiger partial charge in [0, 0.05) is 5.92 Å². The second kappa shape index (κ2) is 10.1. The van der Waals surface area contributed by atoms with Gasteiger partial charge in [0.2, 0.25) is 0 Å². The van der Waals surface area contributed by atoms with Crippen molar-refractivity contribution in [3.8, 4) is 11.1 Å². The molecule has 1 unspecified atom stereocenters. The van der Waals surface area contributed by atoms with Gasteiger partial charge in [0.15, 0.2) is 0 Å². The molecule has 0 amide bonds. The van der Waals surface area contributed by atoms with E-state index in [4.69, 9.17) is 0 Å². The molecule has 0 N–H and O–H groups in total. The highest BCUT2D eigenvalue weighted by molar-refractivity contribution is 5.74. The second-order valence-corrected chi connectivity index (χ2v) is 7.82. The van der Waals surface area contributed by atoms with Crippen molar-refractivity contribution in [2.75, 3.05) is 0 Å². The van der Waals surface area contributed by atoms with Crippen LogP contribution in [0.25, 0.3) is 11.1 Å². The van der Waals surface area contributed by atoms with E-state index in [9.17, 15) is 0 Å². The van der Waals surface area contributed by atoms with Crippen molar-refractivity contribution in [1.29, 1.82) is 0 Å². The summed E-state index contributed by atoms with van der Waals surface area (Å²) in [6.45, 7) is 12.6. The van der Waals surface area contributed by atoms with Crippen LogP contribution in [0.1, 0.15) is 47.6 Å². The SMILES string of the molecule is C=C/C=C\C(=C/C)C(c1ccccc1)c1cc(CC)ccc1-c1ccc(C)cc1C. The maximum absolute atomic E-state index is 3.87. The summed E-state index contributed by atoms with van der Waals surface area (Å²) >= 11 is 0. The Morgan fingerprint density at radius 3 is 2.30 bits per heavy atom. The summed E-state index contributed by atoms with van der Waals surface area (Å²) in [5.74, 6) is 0.162. The van der Waals surface area contributed by atoms with E-state index < -0.39 is 0 Å². The first-order valence-corrected chi connectivity index (χ1v) is 10.8. The fourth-order valence-electron chi connectivity index (χ4n) is 4.17. The Balaban J connectivity index is 2.31. The van der Waals surface area contributed by atoms with Gasteiger partial charge in [0.1, 0.15) is 0 Å². The van der Waals surface area contributed by atoms with Crippen molar-refractivity contribution in [2.45, 2.75) is 40.0 Å². The number of hydrogen-bond donors (Lipinski definition) is 0. The Morgan fingerprint density at radius 2 is 1.67 bits per heavy atom. The first-order valence-electron chi connectivity index (χ1n) is 10.8. The lowest BCUT2D eigenvalue weighted by atomic mass is 9.79. The van der Waals surface area contributed by atoms with Crippen LogP contribution in [0.2, 0.25) is 0 Å². The minimum atomic E-state index is 0.162. The summed E-state index contributed by atoms with van der Waals surface area (Å²) in [5.41, 5.74) is 10.5. The predicted octanol–water partition coefficient (Wildman–Crippen LogP) is 8.35. The van der Waals surface area contributed by atoms with E-state index >= 15 is 0 Å². The van der Waals surface area contributed by atoms with E-state index in [1.165, 1.54) is 44.5 Å². The molecule has 0 radical (unpaired) electrons. The Bertz CT molecular complexity index is 1060. The molecule has 3 rings (SSSR count). The van der Waals surface area contributed by atoms with Crippen LogP contribution in [0, 0.1) is 13.8 Å². The van der Waals surface area contributed by atoms with E-state index in [2.05, 4.69) is 113 Å². The average molecular weight is 393 g/mol. The number of benzene rings is 3. The summed E-state index contributed by atoms with van der Waals surface area (Å²) in [7, 11) is 0. The summed E-state index contributed by atoms with van der Waals surface area (Å²) < 4.78 is 0. The van der Waals surface area contributed by atoms with Gasteiger partial charge in [0.05, 0.1) is 0 Å². The Hall–Kier alpha value is -3.12. The van der Waals surface area contributed by atoms with Crippen molar-refractivity contribution in [1.82, 2.24) is 0 Å². The number of rotatable bonds is 7. The molecule has 1 atom stereocenters. The first-order chi connectivity index (χ1) is 14.6. The van der Waals surface area contributed by atoms with Gasteiger partial charge in [-0.1, -0.05) is 110 Å². The molecule has 0 aliphatic carbocycles. The fourth-order valence-corrected chi connectivity index (χ4v) is 4.17. The van der Waals surface area contributed by atoms with Crippen molar-refractivity contribution in [2.24, 2.45) is 0 Å². The van der Waals surface area contributed by atoms with Crippen LogP contribution in [-0.2, 0) is 6.42 Å². The molecule has 30 heavy (non-hydrogen) atoms. The first kappa shape index (κ1) is 21.6. The predicted molar refractivity (Wildman–Crippen MR) is 132 cm³/mol. The topological polar surface area (TPSA) is 0 Å². The maximum Gasteiger partial charge on any atom is 0.0342 e.